The van der Waals surface area contributed by atoms with E-state index in [2.05, 4.69) is 9.97 Å². The zero-order chi connectivity index (χ0) is 7.68. The summed E-state index contributed by atoms with van der Waals surface area (Å²) in [7, 11) is 0. The summed E-state index contributed by atoms with van der Waals surface area (Å²) in [5.41, 5.74) is 2.26. The fourth-order valence-corrected chi connectivity index (χ4v) is 1.08. The van der Waals surface area contributed by atoms with Crippen LogP contribution in [-0.2, 0) is 0 Å². The summed E-state index contributed by atoms with van der Waals surface area (Å²) in [4.78, 5) is 17.4. The van der Waals surface area contributed by atoms with Gasteiger partial charge >= 0.3 is 0 Å². The average Bonchev–Trinajstić information content (AvgIpc) is 2.50. The minimum absolute atomic E-state index is 0. The van der Waals surface area contributed by atoms with Gasteiger partial charge in [0.1, 0.15) is 0 Å². The third-order valence-electron chi connectivity index (χ3n) is 1.61. The van der Waals surface area contributed by atoms with Gasteiger partial charge in [0.15, 0.2) is 6.29 Å². The number of hydrogen-bond donors (Lipinski definition) is 1. The van der Waals surface area contributed by atoms with Crippen molar-refractivity contribution in [2.75, 3.05) is 0 Å². The number of carbonyl (C=O) groups excluding carboxylic acids is 1. The van der Waals surface area contributed by atoms with E-state index in [4.69, 9.17) is 0 Å². The van der Waals surface area contributed by atoms with Crippen LogP contribution in [0.4, 0.5) is 0 Å². The molecule has 1 aromatic heterocycles. The first-order valence-corrected chi connectivity index (χ1v) is 3.29. The molecule has 3 nitrogen and oxygen atoms in total. The summed E-state index contributed by atoms with van der Waals surface area (Å²) in [6, 6.07) is 5.45. The van der Waals surface area contributed by atoms with Gasteiger partial charge in [0.2, 0.25) is 0 Å². The Bertz CT molecular complexity index is 397. The van der Waals surface area contributed by atoms with Crippen molar-refractivity contribution >= 4 is 29.7 Å². The highest BCUT2D eigenvalue weighted by Crippen LogP contribution is 2.11. The molecule has 2 aromatic rings. The van der Waals surface area contributed by atoms with Crippen molar-refractivity contribution in [3.63, 3.8) is 0 Å². The van der Waals surface area contributed by atoms with Gasteiger partial charge in [0.05, 0.1) is 17.4 Å². The number of imidazole rings is 1. The van der Waals surface area contributed by atoms with Gasteiger partial charge in [-0.2, -0.15) is 0 Å². The van der Waals surface area contributed by atoms with Crippen LogP contribution >= 0.6 is 12.4 Å². The number of aromatic nitrogens is 2. The Morgan fingerprint density at radius 1 is 1.42 bits per heavy atom. The first-order chi connectivity index (χ1) is 5.42. The van der Waals surface area contributed by atoms with Gasteiger partial charge < -0.3 is 4.98 Å². The topological polar surface area (TPSA) is 45.8 Å². The minimum Gasteiger partial charge on any atom is -0.345 e. The molecule has 0 atom stereocenters. The second-order valence-electron chi connectivity index (χ2n) is 2.26. The van der Waals surface area contributed by atoms with Gasteiger partial charge in [0, 0.05) is 5.56 Å². The molecule has 0 bridgehead atoms. The molecule has 0 aliphatic carbocycles. The predicted octanol–water partition coefficient (Wildman–Crippen LogP) is 1.80. The SMILES string of the molecule is Cl.O=Cc1cccc2[nH]cnc12. The van der Waals surface area contributed by atoms with Crippen LogP contribution in [-0.4, -0.2) is 16.3 Å². The Labute approximate surface area is 75.2 Å². The first kappa shape index (κ1) is 8.74. The number of rotatable bonds is 1. The Kier molecular flexibility index (Phi) is 2.45. The summed E-state index contributed by atoms with van der Waals surface area (Å²) in [6.07, 6.45) is 2.39. The average molecular weight is 183 g/mol. The van der Waals surface area contributed by atoms with Crippen LogP contribution in [0.5, 0.6) is 0 Å². The van der Waals surface area contributed by atoms with Gasteiger partial charge in [-0.3, -0.25) is 4.79 Å². The fourth-order valence-electron chi connectivity index (χ4n) is 1.08. The van der Waals surface area contributed by atoms with Crippen LogP contribution in [0.25, 0.3) is 11.0 Å². The molecule has 12 heavy (non-hydrogen) atoms. The molecule has 0 aliphatic heterocycles. The third-order valence-corrected chi connectivity index (χ3v) is 1.61. The van der Waals surface area contributed by atoms with E-state index in [1.165, 1.54) is 0 Å². The van der Waals surface area contributed by atoms with Crippen LogP contribution in [0.3, 0.4) is 0 Å². The van der Waals surface area contributed by atoms with Crippen LogP contribution < -0.4 is 0 Å². The van der Waals surface area contributed by atoms with Crippen molar-refractivity contribution in [2.24, 2.45) is 0 Å². The maximum Gasteiger partial charge on any atom is 0.152 e. The molecule has 0 saturated heterocycles. The van der Waals surface area contributed by atoms with E-state index in [1.807, 2.05) is 12.1 Å². The summed E-state index contributed by atoms with van der Waals surface area (Å²) in [6.45, 7) is 0. The Balaban J connectivity index is 0.000000720. The molecule has 0 spiro atoms. The lowest BCUT2D eigenvalue weighted by Crippen LogP contribution is -1.80. The molecule has 62 valence electrons. The first-order valence-electron chi connectivity index (χ1n) is 3.29. The van der Waals surface area contributed by atoms with Gasteiger partial charge in [0.25, 0.3) is 0 Å². The van der Waals surface area contributed by atoms with E-state index in [-0.39, 0.29) is 12.4 Å². The number of fused-ring (bicyclic) bond motifs is 1. The largest absolute Gasteiger partial charge is 0.345 e. The zero-order valence-electron chi connectivity index (χ0n) is 6.15. The molecule has 0 fully saturated rings. The quantitative estimate of drug-likeness (QED) is 0.684. The van der Waals surface area contributed by atoms with Crippen LogP contribution in [0.15, 0.2) is 24.5 Å². The fraction of sp³-hybridized carbons (Fsp3) is 0. The van der Waals surface area contributed by atoms with Gasteiger partial charge in [-0.25, -0.2) is 4.98 Å². The highest BCUT2D eigenvalue weighted by molar-refractivity contribution is 5.93. The molecule has 1 aromatic carbocycles. The van der Waals surface area contributed by atoms with E-state index >= 15 is 0 Å². The van der Waals surface area contributed by atoms with Crippen molar-refractivity contribution in [3.8, 4) is 0 Å². The number of aromatic amines is 1. The highest BCUT2D eigenvalue weighted by Gasteiger charge is 1.99. The number of aldehydes is 1. The number of H-pyrrole nitrogens is 1. The Hall–Kier alpha value is -1.35. The molecular formula is C8H7ClN2O. The number of carbonyl (C=O) groups is 1. The standard InChI is InChI=1S/C8H6N2O.ClH/c11-4-6-2-1-3-7-8(6)10-5-9-7;/h1-5H,(H,9,10);1H. The smallest absolute Gasteiger partial charge is 0.152 e. The maximum atomic E-state index is 10.5. The molecule has 0 saturated carbocycles. The van der Waals surface area contributed by atoms with Crippen LogP contribution in [0.1, 0.15) is 10.4 Å². The number of para-hydroxylation sites is 1. The van der Waals surface area contributed by atoms with Crippen molar-refractivity contribution in [2.45, 2.75) is 0 Å². The normalized spacial score (nSPS) is 9.33. The van der Waals surface area contributed by atoms with E-state index < -0.39 is 0 Å². The van der Waals surface area contributed by atoms with E-state index in [9.17, 15) is 4.79 Å². The second kappa shape index (κ2) is 3.36. The number of nitrogens with zero attached hydrogens (tertiary/aromatic N) is 1. The predicted molar refractivity (Wildman–Crippen MR) is 48.7 cm³/mol. The summed E-state index contributed by atoms with van der Waals surface area (Å²) in [5, 5.41) is 0. The molecule has 0 aliphatic rings. The van der Waals surface area contributed by atoms with E-state index in [1.54, 1.807) is 12.4 Å². The Morgan fingerprint density at radius 2 is 2.25 bits per heavy atom. The summed E-state index contributed by atoms with van der Waals surface area (Å²) >= 11 is 0. The molecule has 0 radical (unpaired) electrons. The lowest BCUT2D eigenvalue weighted by molar-refractivity contribution is 0.112. The number of halogens is 1. The maximum absolute atomic E-state index is 10.5. The van der Waals surface area contributed by atoms with Crippen molar-refractivity contribution < 1.29 is 4.79 Å². The van der Waals surface area contributed by atoms with Gasteiger partial charge in [-0.15, -0.1) is 12.4 Å². The van der Waals surface area contributed by atoms with E-state index in [0.717, 1.165) is 17.3 Å². The van der Waals surface area contributed by atoms with E-state index in [0.29, 0.717) is 5.56 Å². The summed E-state index contributed by atoms with van der Waals surface area (Å²) < 4.78 is 0. The van der Waals surface area contributed by atoms with Crippen LogP contribution in [0.2, 0.25) is 0 Å². The summed E-state index contributed by atoms with van der Waals surface area (Å²) in [5.74, 6) is 0. The van der Waals surface area contributed by atoms with Gasteiger partial charge in [-0.05, 0) is 12.1 Å². The van der Waals surface area contributed by atoms with Crippen LogP contribution in [0, 0.1) is 0 Å². The Morgan fingerprint density at radius 3 is 3.00 bits per heavy atom. The molecular weight excluding hydrogens is 176 g/mol. The lowest BCUT2D eigenvalue weighted by Gasteiger charge is -1.89. The molecule has 0 amide bonds. The second-order valence-corrected chi connectivity index (χ2v) is 2.26. The molecule has 0 unspecified atom stereocenters. The monoisotopic (exact) mass is 182 g/mol. The lowest BCUT2D eigenvalue weighted by atomic mass is 10.2. The molecule has 4 heteroatoms. The number of benzene rings is 1. The third kappa shape index (κ3) is 1.19. The molecule has 2 rings (SSSR count). The molecule has 1 N–H and O–H groups in total. The number of nitrogens with one attached hydrogen (secondary N) is 1. The minimum atomic E-state index is 0. The van der Waals surface area contributed by atoms with Crippen molar-refractivity contribution in [3.05, 3.63) is 30.1 Å². The van der Waals surface area contributed by atoms with Crippen molar-refractivity contribution in [1.82, 2.24) is 9.97 Å². The van der Waals surface area contributed by atoms with Gasteiger partial charge in [-0.1, -0.05) is 6.07 Å². The highest BCUT2D eigenvalue weighted by atomic mass is 35.5. The zero-order valence-corrected chi connectivity index (χ0v) is 6.97. The van der Waals surface area contributed by atoms with Crippen molar-refractivity contribution in [1.29, 1.82) is 0 Å². The number of hydrogen-bond acceptors (Lipinski definition) is 2. The molecule has 1 heterocycles.